The molecule has 1 fully saturated rings. The van der Waals surface area contributed by atoms with Crippen molar-refractivity contribution in [2.24, 2.45) is 0 Å². The van der Waals surface area contributed by atoms with E-state index in [0.29, 0.717) is 5.58 Å². The molecule has 0 atom stereocenters. The second kappa shape index (κ2) is 6.67. The van der Waals surface area contributed by atoms with Crippen molar-refractivity contribution in [3.05, 3.63) is 59.8 Å². The first-order chi connectivity index (χ1) is 11.8. The minimum Gasteiger partial charge on any atom is -0.356 e. The molecule has 0 N–H and O–H groups in total. The van der Waals surface area contributed by atoms with Crippen molar-refractivity contribution in [1.82, 2.24) is 19.9 Å². The highest BCUT2D eigenvalue weighted by molar-refractivity contribution is 5.79. The third-order valence-corrected chi connectivity index (χ3v) is 4.46. The van der Waals surface area contributed by atoms with E-state index in [1.54, 1.807) is 6.07 Å². The number of fused-ring (bicyclic) bond motifs is 1. The van der Waals surface area contributed by atoms with Crippen LogP contribution >= 0.6 is 0 Å². The van der Waals surface area contributed by atoms with Gasteiger partial charge in [-0.2, -0.15) is 0 Å². The molecule has 0 radical (unpaired) electrons. The maximum absolute atomic E-state index is 13.2. The van der Waals surface area contributed by atoms with E-state index >= 15 is 0 Å². The largest absolute Gasteiger partial charge is 0.356 e. The zero-order valence-electron chi connectivity index (χ0n) is 13.4. The molecular weight excluding hydrogens is 307 g/mol. The number of hydrogen-bond donors (Lipinski definition) is 0. The molecule has 0 aliphatic carbocycles. The lowest BCUT2D eigenvalue weighted by molar-refractivity contribution is 0.119. The number of benzene rings is 1. The minimum absolute atomic E-state index is 0.298. The van der Waals surface area contributed by atoms with Gasteiger partial charge in [0.2, 0.25) is 0 Å². The number of nitrogens with zero attached hydrogens (tertiary/aromatic N) is 4. The van der Waals surface area contributed by atoms with Gasteiger partial charge in [0.05, 0.1) is 5.69 Å². The third kappa shape index (κ3) is 3.29. The van der Waals surface area contributed by atoms with Gasteiger partial charge in [-0.1, -0.05) is 11.2 Å². The standard InChI is InChI=1S/C18H19FN4O/c19-14-4-5-16-17(21-24-18(16)11-14)13-23-9-7-22(8-10-23)12-15-3-1-2-6-20-15/h1-6,11H,7-10,12-13H2. The molecule has 24 heavy (non-hydrogen) atoms. The Hall–Kier alpha value is -2.31. The van der Waals surface area contributed by atoms with Crippen LogP contribution in [0.15, 0.2) is 47.1 Å². The summed E-state index contributed by atoms with van der Waals surface area (Å²) in [6, 6.07) is 10.6. The first kappa shape index (κ1) is 15.2. The van der Waals surface area contributed by atoms with Crippen molar-refractivity contribution in [2.75, 3.05) is 26.2 Å². The van der Waals surface area contributed by atoms with Crippen LogP contribution in [0, 0.1) is 5.82 Å². The Balaban J connectivity index is 1.36. The van der Waals surface area contributed by atoms with Gasteiger partial charge in [0, 0.05) is 56.9 Å². The van der Waals surface area contributed by atoms with Crippen LogP contribution in [0.25, 0.3) is 11.0 Å². The molecule has 0 unspecified atom stereocenters. The second-order valence-corrected chi connectivity index (χ2v) is 6.14. The molecule has 2 aromatic heterocycles. The molecule has 6 heteroatoms. The SMILES string of the molecule is Fc1ccc2c(CN3CCN(Cc4ccccn4)CC3)noc2c1. The van der Waals surface area contributed by atoms with Gasteiger partial charge in [0.25, 0.3) is 0 Å². The molecule has 124 valence electrons. The van der Waals surface area contributed by atoms with E-state index < -0.39 is 0 Å². The fraction of sp³-hybridized carbons (Fsp3) is 0.333. The van der Waals surface area contributed by atoms with Gasteiger partial charge in [-0.15, -0.1) is 0 Å². The summed E-state index contributed by atoms with van der Waals surface area (Å²) >= 11 is 0. The second-order valence-electron chi connectivity index (χ2n) is 6.14. The van der Waals surface area contributed by atoms with Crippen LogP contribution in [0.1, 0.15) is 11.4 Å². The lowest BCUT2D eigenvalue weighted by atomic mass is 10.2. The quantitative estimate of drug-likeness (QED) is 0.738. The molecule has 3 heterocycles. The average Bonchev–Trinajstić information content (AvgIpc) is 2.99. The van der Waals surface area contributed by atoms with Gasteiger partial charge >= 0.3 is 0 Å². The normalized spacial score (nSPS) is 16.7. The molecule has 0 amide bonds. The van der Waals surface area contributed by atoms with Crippen LogP contribution in [0.4, 0.5) is 4.39 Å². The molecule has 1 aliphatic heterocycles. The highest BCUT2D eigenvalue weighted by atomic mass is 19.1. The number of pyridine rings is 1. The van der Waals surface area contributed by atoms with Crippen molar-refractivity contribution in [3.63, 3.8) is 0 Å². The van der Waals surface area contributed by atoms with Crippen molar-refractivity contribution >= 4 is 11.0 Å². The topological polar surface area (TPSA) is 45.4 Å². The maximum atomic E-state index is 13.2. The first-order valence-corrected chi connectivity index (χ1v) is 8.16. The predicted octanol–water partition coefficient (Wildman–Crippen LogP) is 2.68. The van der Waals surface area contributed by atoms with Gasteiger partial charge in [-0.05, 0) is 24.3 Å². The number of piperazine rings is 1. The molecule has 1 aliphatic rings. The molecule has 1 saturated heterocycles. The summed E-state index contributed by atoms with van der Waals surface area (Å²) in [6.45, 7) is 5.57. The van der Waals surface area contributed by atoms with Gasteiger partial charge in [0.1, 0.15) is 11.5 Å². The summed E-state index contributed by atoms with van der Waals surface area (Å²) in [5.41, 5.74) is 2.50. The van der Waals surface area contributed by atoms with Crippen LogP contribution in [0.2, 0.25) is 0 Å². The van der Waals surface area contributed by atoms with Crippen molar-refractivity contribution < 1.29 is 8.91 Å². The highest BCUT2D eigenvalue weighted by Gasteiger charge is 2.19. The summed E-state index contributed by atoms with van der Waals surface area (Å²) in [7, 11) is 0. The summed E-state index contributed by atoms with van der Waals surface area (Å²) < 4.78 is 18.5. The predicted molar refractivity (Wildman–Crippen MR) is 88.8 cm³/mol. The van der Waals surface area contributed by atoms with Gasteiger partial charge in [0.15, 0.2) is 5.58 Å². The molecular formula is C18H19FN4O. The van der Waals surface area contributed by atoms with E-state index in [4.69, 9.17) is 4.52 Å². The Bertz CT molecular complexity index is 812. The van der Waals surface area contributed by atoms with Crippen molar-refractivity contribution in [3.8, 4) is 0 Å². The lowest BCUT2D eigenvalue weighted by Crippen LogP contribution is -2.45. The van der Waals surface area contributed by atoms with Crippen LogP contribution in [0.3, 0.4) is 0 Å². The van der Waals surface area contributed by atoms with Crippen molar-refractivity contribution in [2.45, 2.75) is 13.1 Å². The van der Waals surface area contributed by atoms with E-state index in [1.165, 1.54) is 12.1 Å². The van der Waals surface area contributed by atoms with Gasteiger partial charge < -0.3 is 4.52 Å². The van der Waals surface area contributed by atoms with Crippen LogP contribution < -0.4 is 0 Å². The minimum atomic E-state index is -0.298. The van der Waals surface area contributed by atoms with Gasteiger partial charge in [-0.3, -0.25) is 14.8 Å². The molecule has 0 spiro atoms. The van der Waals surface area contributed by atoms with E-state index in [2.05, 4.69) is 26.0 Å². The average molecular weight is 326 g/mol. The summed E-state index contributed by atoms with van der Waals surface area (Å²) in [6.07, 6.45) is 1.84. The van der Waals surface area contributed by atoms with Crippen LogP contribution in [-0.4, -0.2) is 46.1 Å². The smallest absolute Gasteiger partial charge is 0.170 e. The van der Waals surface area contributed by atoms with Crippen LogP contribution in [-0.2, 0) is 13.1 Å². The highest BCUT2D eigenvalue weighted by Crippen LogP contribution is 2.21. The van der Waals surface area contributed by atoms with E-state index in [-0.39, 0.29) is 5.82 Å². The molecule has 4 rings (SSSR count). The summed E-state index contributed by atoms with van der Waals surface area (Å²) in [5, 5.41) is 5.01. The number of aromatic nitrogens is 2. The van der Waals surface area contributed by atoms with Gasteiger partial charge in [-0.25, -0.2) is 4.39 Å². The lowest BCUT2D eigenvalue weighted by Gasteiger charge is -2.34. The summed E-state index contributed by atoms with van der Waals surface area (Å²) in [4.78, 5) is 9.15. The summed E-state index contributed by atoms with van der Waals surface area (Å²) in [5.74, 6) is -0.298. The molecule has 0 bridgehead atoms. The fourth-order valence-electron chi connectivity index (χ4n) is 3.12. The van der Waals surface area contributed by atoms with E-state index in [9.17, 15) is 4.39 Å². The monoisotopic (exact) mass is 326 g/mol. The zero-order valence-corrected chi connectivity index (χ0v) is 13.4. The maximum Gasteiger partial charge on any atom is 0.170 e. The first-order valence-electron chi connectivity index (χ1n) is 8.16. The van der Waals surface area contributed by atoms with E-state index in [1.807, 2.05) is 18.3 Å². The molecule has 0 saturated carbocycles. The molecule has 3 aromatic rings. The zero-order chi connectivity index (χ0) is 16.4. The van der Waals surface area contributed by atoms with Crippen molar-refractivity contribution in [1.29, 1.82) is 0 Å². The number of hydrogen-bond acceptors (Lipinski definition) is 5. The Morgan fingerprint density at radius 3 is 2.54 bits per heavy atom. The fourth-order valence-corrected chi connectivity index (χ4v) is 3.12. The Morgan fingerprint density at radius 2 is 1.79 bits per heavy atom. The van der Waals surface area contributed by atoms with Crippen LogP contribution in [0.5, 0.6) is 0 Å². The number of halogens is 1. The third-order valence-electron chi connectivity index (χ3n) is 4.46. The Kier molecular flexibility index (Phi) is 4.23. The van der Waals surface area contributed by atoms with E-state index in [0.717, 1.165) is 56.0 Å². The Labute approximate surface area is 139 Å². The Morgan fingerprint density at radius 1 is 1.00 bits per heavy atom. The molecule has 5 nitrogen and oxygen atoms in total. The molecule has 1 aromatic carbocycles. The number of rotatable bonds is 4.